The van der Waals surface area contributed by atoms with E-state index in [1.165, 1.54) is 22.5 Å². The summed E-state index contributed by atoms with van der Waals surface area (Å²) in [6.07, 6.45) is 1.43. The van der Waals surface area contributed by atoms with Gasteiger partial charge in [-0.1, -0.05) is 30.3 Å². The Bertz CT molecular complexity index is 1090. The molecule has 27 heavy (non-hydrogen) atoms. The van der Waals surface area contributed by atoms with E-state index in [9.17, 15) is 14.4 Å². The predicted octanol–water partition coefficient (Wildman–Crippen LogP) is 0.871. The lowest BCUT2D eigenvalue weighted by Crippen LogP contribution is -2.40. The van der Waals surface area contributed by atoms with Crippen molar-refractivity contribution in [3.63, 3.8) is 0 Å². The molecule has 0 aliphatic carbocycles. The first-order chi connectivity index (χ1) is 12.8. The number of carbonyl (C=O) groups excluding carboxylic acids is 1. The minimum atomic E-state index is -0.461. The van der Waals surface area contributed by atoms with Crippen LogP contribution in [0.15, 0.2) is 46.2 Å². The first-order valence-corrected chi connectivity index (χ1v) is 8.75. The summed E-state index contributed by atoms with van der Waals surface area (Å²) in [4.78, 5) is 43.4. The number of aromatic nitrogens is 4. The Balaban J connectivity index is 1.95. The molecule has 0 saturated carbocycles. The van der Waals surface area contributed by atoms with Crippen molar-refractivity contribution in [1.29, 1.82) is 0 Å². The third-order valence-corrected chi connectivity index (χ3v) is 4.66. The van der Waals surface area contributed by atoms with E-state index in [1.807, 2.05) is 44.2 Å². The smallest absolute Gasteiger partial charge is 0.332 e. The van der Waals surface area contributed by atoms with Gasteiger partial charge in [0.05, 0.1) is 6.33 Å². The quantitative estimate of drug-likeness (QED) is 0.668. The molecule has 0 N–H and O–H groups in total. The molecule has 0 spiro atoms. The number of hydrogen-bond acceptors (Lipinski definition) is 4. The van der Waals surface area contributed by atoms with Gasteiger partial charge in [-0.05, 0) is 19.4 Å². The summed E-state index contributed by atoms with van der Waals surface area (Å²) in [5.74, 6) is -0.121. The summed E-state index contributed by atoms with van der Waals surface area (Å²) >= 11 is 0. The minimum Gasteiger partial charge on any atom is -0.334 e. The van der Waals surface area contributed by atoms with Crippen LogP contribution in [-0.4, -0.2) is 35.5 Å². The molecule has 0 aliphatic heterocycles. The Morgan fingerprint density at radius 3 is 2.41 bits per heavy atom. The van der Waals surface area contributed by atoms with Crippen molar-refractivity contribution < 1.29 is 4.79 Å². The third kappa shape index (κ3) is 3.42. The Morgan fingerprint density at radius 2 is 1.78 bits per heavy atom. The van der Waals surface area contributed by atoms with Crippen molar-refractivity contribution in [2.45, 2.75) is 33.0 Å². The van der Waals surface area contributed by atoms with E-state index >= 15 is 0 Å². The molecule has 0 atom stereocenters. The van der Waals surface area contributed by atoms with E-state index in [0.29, 0.717) is 6.54 Å². The lowest BCUT2D eigenvalue weighted by Gasteiger charge is -2.27. The van der Waals surface area contributed by atoms with Crippen molar-refractivity contribution in [2.24, 2.45) is 14.1 Å². The van der Waals surface area contributed by atoms with Gasteiger partial charge in [-0.15, -0.1) is 0 Å². The molecule has 0 saturated heterocycles. The van der Waals surface area contributed by atoms with Gasteiger partial charge in [-0.3, -0.25) is 18.7 Å². The second-order valence-electron chi connectivity index (χ2n) is 6.85. The standard InChI is InChI=1S/C19H23N5O3/c1-13(2)24(10-14-8-6-5-7-9-14)15(25)11-23-12-20-17-16(23)18(26)22(4)19(27)21(17)3/h5-9,12-13H,10-11H2,1-4H3. The molecule has 0 unspecified atom stereocenters. The molecule has 2 heterocycles. The van der Waals surface area contributed by atoms with E-state index in [2.05, 4.69) is 4.98 Å². The zero-order chi connectivity index (χ0) is 19.7. The minimum absolute atomic E-state index is 0.000296. The summed E-state index contributed by atoms with van der Waals surface area (Å²) in [7, 11) is 2.97. The topological polar surface area (TPSA) is 82.1 Å². The van der Waals surface area contributed by atoms with Crippen LogP contribution in [0.5, 0.6) is 0 Å². The average molecular weight is 369 g/mol. The van der Waals surface area contributed by atoms with Crippen molar-refractivity contribution in [3.8, 4) is 0 Å². The van der Waals surface area contributed by atoms with Crippen LogP contribution < -0.4 is 11.2 Å². The summed E-state index contributed by atoms with van der Waals surface area (Å²) in [6, 6.07) is 9.75. The summed E-state index contributed by atoms with van der Waals surface area (Å²) in [6.45, 7) is 4.38. The number of benzene rings is 1. The average Bonchev–Trinajstić information content (AvgIpc) is 3.06. The van der Waals surface area contributed by atoms with Crippen molar-refractivity contribution >= 4 is 17.1 Å². The molecule has 0 fully saturated rings. The van der Waals surface area contributed by atoms with E-state index in [0.717, 1.165) is 10.1 Å². The maximum atomic E-state index is 12.9. The van der Waals surface area contributed by atoms with Crippen molar-refractivity contribution in [1.82, 2.24) is 23.6 Å². The maximum absolute atomic E-state index is 12.9. The lowest BCUT2D eigenvalue weighted by molar-refractivity contribution is -0.134. The van der Waals surface area contributed by atoms with Gasteiger partial charge in [0, 0.05) is 26.7 Å². The Kier molecular flexibility index (Phi) is 4.98. The number of fused-ring (bicyclic) bond motifs is 1. The lowest BCUT2D eigenvalue weighted by atomic mass is 10.2. The van der Waals surface area contributed by atoms with Gasteiger partial charge >= 0.3 is 5.69 Å². The number of rotatable bonds is 5. The number of aryl methyl sites for hydroxylation is 1. The number of amides is 1. The predicted molar refractivity (Wildman–Crippen MR) is 102 cm³/mol. The molecule has 142 valence electrons. The van der Waals surface area contributed by atoms with Crippen molar-refractivity contribution in [2.75, 3.05) is 0 Å². The summed E-state index contributed by atoms with van der Waals surface area (Å²) in [5.41, 5.74) is 0.647. The first-order valence-electron chi connectivity index (χ1n) is 8.75. The maximum Gasteiger partial charge on any atom is 0.332 e. The molecular weight excluding hydrogens is 346 g/mol. The molecule has 8 heteroatoms. The number of nitrogens with zero attached hydrogens (tertiary/aromatic N) is 5. The van der Waals surface area contributed by atoms with Gasteiger partial charge in [-0.25, -0.2) is 9.78 Å². The number of hydrogen-bond donors (Lipinski definition) is 0. The third-order valence-electron chi connectivity index (χ3n) is 4.66. The largest absolute Gasteiger partial charge is 0.334 e. The van der Waals surface area contributed by atoms with E-state index in [-0.39, 0.29) is 29.7 Å². The molecular formula is C19H23N5O3. The van der Waals surface area contributed by atoms with Crippen LogP contribution >= 0.6 is 0 Å². The van der Waals surface area contributed by atoms with Gasteiger partial charge in [0.2, 0.25) is 5.91 Å². The van der Waals surface area contributed by atoms with E-state index in [4.69, 9.17) is 0 Å². The van der Waals surface area contributed by atoms with Crippen LogP contribution in [0.25, 0.3) is 11.2 Å². The van der Waals surface area contributed by atoms with Crippen LogP contribution in [0.1, 0.15) is 19.4 Å². The fourth-order valence-electron chi connectivity index (χ4n) is 3.09. The van der Waals surface area contributed by atoms with Crippen LogP contribution in [0, 0.1) is 0 Å². The van der Waals surface area contributed by atoms with Crippen LogP contribution in [-0.2, 0) is 32.0 Å². The monoisotopic (exact) mass is 369 g/mol. The highest BCUT2D eigenvalue weighted by molar-refractivity contribution is 5.79. The molecule has 3 rings (SSSR count). The molecule has 0 bridgehead atoms. The first kappa shape index (κ1) is 18.6. The Labute approximate surface area is 156 Å². The SMILES string of the molecule is CC(C)N(Cc1ccccc1)C(=O)Cn1cnc2c1c(=O)n(C)c(=O)n2C. The van der Waals surface area contributed by atoms with Gasteiger partial charge in [0.1, 0.15) is 6.54 Å². The van der Waals surface area contributed by atoms with E-state index < -0.39 is 11.2 Å². The van der Waals surface area contributed by atoms with Gasteiger partial charge in [0.25, 0.3) is 5.56 Å². The highest BCUT2D eigenvalue weighted by Crippen LogP contribution is 2.11. The highest BCUT2D eigenvalue weighted by atomic mass is 16.2. The molecule has 2 aromatic heterocycles. The van der Waals surface area contributed by atoms with Crippen molar-refractivity contribution in [3.05, 3.63) is 63.1 Å². The fraction of sp³-hybridized carbons (Fsp3) is 0.368. The number of carbonyl (C=O) groups is 1. The highest BCUT2D eigenvalue weighted by Gasteiger charge is 2.21. The second kappa shape index (κ2) is 7.22. The fourth-order valence-corrected chi connectivity index (χ4v) is 3.09. The number of imidazole rings is 1. The van der Waals surface area contributed by atoms with Crippen LogP contribution in [0.4, 0.5) is 0 Å². The zero-order valence-corrected chi connectivity index (χ0v) is 15.9. The van der Waals surface area contributed by atoms with E-state index in [1.54, 1.807) is 11.9 Å². The van der Waals surface area contributed by atoms with Gasteiger partial charge in [-0.2, -0.15) is 0 Å². The summed E-state index contributed by atoms with van der Waals surface area (Å²) in [5, 5.41) is 0. The zero-order valence-electron chi connectivity index (χ0n) is 15.9. The van der Waals surface area contributed by atoms with Crippen LogP contribution in [0.2, 0.25) is 0 Å². The molecule has 0 aliphatic rings. The van der Waals surface area contributed by atoms with Gasteiger partial charge in [0.15, 0.2) is 11.2 Å². The molecule has 3 aromatic rings. The molecule has 0 radical (unpaired) electrons. The molecule has 1 amide bonds. The van der Waals surface area contributed by atoms with Gasteiger partial charge < -0.3 is 9.47 Å². The second-order valence-corrected chi connectivity index (χ2v) is 6.85. The van der Waals surface area contributed by atoms with Crippen LogP contribution in [0.3, 0.4) is 0 Å². The molecule has 1 aromatic carbocycles. The normalized spacial score (nSPS) is 11.3. The molecule has 8 nitrogen and oxygen atoms in total. The Morgan fingerprint density at radius 1 is 1.11 bits per heavy atom. The Hall–Kier alpha value is -3.16. The summed E-state index contributed by atoms with van der Waals surface area (Å²) < 4.78 is 3.84.